The molecule has 1 unspecified atom stereocenters. The number of alkyl halides is 3. The SMILES string of the molecule is CCC1(C)Cc2ccccc2-c2[nH]c(=O)n(-c3cccc(C(F)(F)F)c3)c(=O)c21. The average molecular weight is 400 g/mol. The summed E-state index contributed by atoms with van der Waals surface area (Å²) in [5, 5.41) is 0. The minimum Gasteiger partial charge on any atom is -0.306 e. The Bertz CT molecular complexity index is 1220. The number of nitrogens with zero attached hydrogens (tertiary/aromatic N) is 1. The molecule has 3 aromatic rings. The predicted molar refractivity (Wildman–Crippen MR) is 104 cm³/mol. The molecule has 4 nitrogen and oxygen atoms in total. The third-order valence-corrected chi connectivity index (χ3v) is 5.78. The first kappa shape index (κ1) is 19.2. The van der Waals surface area contributed by atoms with E-state index < -0.39 is 28.4 Å². The van der Waals surface area contributed by atoms with E-state index in [2.05, 4.69) is 4.98 Å². The second kappa shape index (κ2) is 6.47. The zero-order valence-corrected chi connectivity index (χ0v) is 15.9. The van der Waals surface area contributed by atoms with Crippen LogP contribution in [-0.2, 0) is 18.0 Å². The fourth-order valence-corrected chi connectivity index (χ4v) is 4.08. The Balaban J connectivity index is 2.04. The van der Waals surface area contributed by atoms with Crippen molar-refractivity contribution in [3.63, 3.8) is 0 Å². The van der Waals surface area contributed by atoms with Crippen molar-refractivity contribution >= 4 is 0 Å². The van der Waals surface area contributed by atoms with Crippen LogP contribution in [0.15, 0.2) is 58.1 Å². The fraction of sp³-hybridized carbons (Fsp3) is 0.273. The maximum absolute atomic E-state index is 13.4. The molecular weight excluding hydrogens is 381 g/mol. The highest BCUT2D eigenvalue weighted by atomic mass is 19.4. The first-order chi connectivity index (χ1) is 13.7. The summed E-state index contributed by atoms with van der Waals surface area (Å²) < 4.78 is 40.2. The van der Waals surface area contributed by atoms with Gasteiger partial charge in [-0.3, -0.25) is 4.79 Å². The van der Waals surface area contributed by atoms with Gasteiger partial charge in [-0.2, -0.15) is 13.2 Å². The summed E-state index contributed by atoms with van der Waals surface area (Å²) in [6.07, 6.45) is -3.33. The van der Waals surface area contributed by atoms with E-state index in [9.17, 15) is 22.8 Å². The van der Waals surface area contributed by atoms with Gasteiger partial charge in [-0.15, -0.1) is 0 Å². The van der Waals surface area contributed by atoms with Crippen molar-refractivity contribution in [2.45, 2.75) is 38.3 Å². The van der Waals surface area contributed by atoms with E-state index >= 15 is 0 Å². The molecular formula is C22H19F3N2O2. The molecule has 0 fully saturated rings. The van der Waals surface area contributed by atoms with Gasteiger partial charge in [-0.25, -0.2) is 9.36 Å². The standard InChI is InChI=1S/C22H19F3N2O2/c1-3-21(2)12-13-7-4-5-10-16(13)18-17(21)19(28)27(20(29)26-18)15-9-6-8-14(11-15)22(23,24)25/h4-11H,3,12H2,1-2H3,(H,26,29). The first-order valence-electron chi connectivity index (χ1n) is 9.31. The zero-order chi connectivity index (χ0) is 21.0. The molecule has 150 valence electrons. The van der Waals surface area contributed by atoms with E-state index in [1.165, 1.54) is 12.1 Å². The maximum atomic E-state index is 13.4. The largest absolute Gasteiger partial charge is 0.416 e. The van der Waals surface area contributed by atoms with Crippen molar-refractivity contribution in [3.05, 3.63) is 86.1 Å². The molecule has 0 saturated heterocycles. The molecule has 1 atom stereocenters. The molecule has 0 aliphatic heterocycles. The van der Waals surface area contributed by atoms with E-state index in [-0.39, 0.29) is 5.69 Å². The van der Waals surface area contributed by atoms with Gasteiger partial charge >= 0.3 is 11.9 Å². The zero-order valence-electron chi connectivity index (χ0n) is 15.9. The van der Waals surface area contributed by atoms with Crippen molar-refractivity contribution in [1.29, 1.82) is 0 Å². The minimum atomic E-state index is -4.57. The van der Waals surface area contributed by atoms with E-state index in [0.717, 1.165) is 27.8 Å². The predicted octanol–water partition coefficient (Wildman–Crippen LogP) is 4.44. The number of halogens is 3. The van der Waals surface area contributed by atoms with Gasteiger partial charge in [-0.1, -0.05) is 44.2 Å². The second-order valence-corrected chi connectivity index (χ2v) is 7.62. The quantitative estimate of drug-likeness (QED) is 0.692. The molecule has 1 aliphatic rings. The summed E-state index contributed by atoms with van der Waals surface area (Å²) >= 11 is 0. The van der Waals surface area contributed by atoms with Crippen LogP contribution in [0.3, 0.4) is 0 Å². The minimum absolute atomic E-state index is 0.105. The normalized spacial score (nSPS) is 18.2. The Morgan fingerprint density at radius 3 is 2.52 bits per heavy atom. The third kappa shape index (κ3) is 3.01. The maximum Gasteiger partial charge on any atom is 0.416 e. The summed E-state index contributed by atoms with van der Waals surface area (Å²) in [6, 6.07) is 11.8. The number of benzene rings is 2. The Labute approximate surface area is 164 Å². The van der Waals surface area contributed by atoms with E-state index in [1.54, 1.807) is 0 Å². The highest BCUT2D eigenvalue weighted by Gasteiger charge is 2.38. The topological polar surface area (TPSA) is 54.9 Å². The molecule has 1 aliphatic carbocycles. The number of hydrogen-bond donors (Lipinski definition) is 1. The fourth-order valence-electron chi connectivity index (χ4n) is 4.08. The second-order valence-electron chi connectivity index (χ2n) is 7.62. The van der Waals surface area contributed by atoms with Crippen LogP contribution in [0.4, 0.5) is 13.2 Å². The lowest BCUT2D eigenvalue weighted by Gasteiger charge is -2.35. The van der Waals surface area contributed by atoms with Gasteiger partial charge in [0.1, 0.15) is 0 Å². The molecule has 1 N–H and O–H groups in total. The van der Waals surface area contributed by atoms with Crippen molar-refractivity contribution < 1.29 is 13.2 Å². The van der Waals surface area contributed by atoms with Crippen LogP contribution < -0.4 is 11.2 Å². The van der Waals surface area contributed by atoms with Crippen molar-refractivity contribution in [2.24, 2.45) is 0 Å². The van der Waals surface area contributed by atoms with Crippen LogP contribution in [0.5, 0.6) is 0 Å². The van der Waals surface area contributed by atoms with Crippen LogP contribution in [0.2, 0.25) is 0 Å². The number of aromatic nitrogens is 2. The molecule has 7 heteroatoms. The number of hydrogen-bond acceptors (Lipinski definition) is 2. The number of rotatable bonds is 2. The number of nitrogens with one attached hydrogen (secondary N) is 1. The molecule has 1 heterocycles. The Morgan fingerprint density at radius 1 is 1.10 bits per heavy atom. The van der Waals surface area contributed by atoms with Crippen LogP contribution in [0.1, 0.15) is 37.0 Å². The van der Waals surface area contributed by atoms with Crippen LogP contribution in [0, 0.1) is 0 Å². The van der Waals surface area contributed by atoms with Gasteiger partial charge in [0.05, 0.1) is 16.9 Å². The lowest BCUT2D eigenvalue weighted by Crippen LogP contribution is -2.44. The third-order valence-electron chi connectivity index (χ3n) is 5.78. The molecule has 0 radical (unpaired) electrons. The lowest BCUT2D eigenvalue weighted by molar-refractivity contribution is -0.137. The van der Waals surface area contributed by atoms with Gasteiger partial charge in [0.15, 0.2) is 0 Å². The summed E-state index contributed by atoms with van der Waals surface area (Å²) in [6.45, 7) is 3.90. The molecule has 0 bridgehead atoms. The lowest BCUT2D eigenvalue weighted by atomic mass is 9.69. The van der Waals surface area contributed by atoms with Crippen molar-refractivity contribution in [3.8, 4) is 16.9 Å². The molecule has 0 spiro atoms. The Hall–Kier alpha value is -3.09. The number of H-pyrrole nitrogens is 1. The molecule has 4 rings (SSSR count). The van der Waals surface area contributed by atoms with Crippen molar-refractivity contribution in [1.82, 2.24) is 9.55 Å². The van der Waals surface area contributed by atoms with E-state index in [0.29, 0.717) is 24.1 Å². The molecule has 0 amide bonds. The van der Waals surface area contributed by atoms with Gasteiger partial charge in [0, 0.05) is 16.5 Å². The highest BCUT2D eigenvalue weighted by molar-refractivity contribution is 5.71. The van der Waals surface area contributed by atoms with E-state index in [1.807, 2.05) is 38.1 Å². The number of aromatic amines is 1. The van der Waals surface area contributed by atoms with Gasteiger partial charge in [-0.05, 0) is 36.6 Å². The average Bonchev–Trinajstić information content (AvgIpc) is 2.67. The molecule has 1 aromatic heterocycles. The van der Waals surface area contributed by atoms with Gasteiger partial charge < -0.3 is 4.98 Å². The van der Waals surface area contributed by atoms with Gasteiger partial charge in [0.2, 0.25) is 0 Å². The molecule has 0 saturated carbocycles. The Kier molecular flexibility index (Phi) is 4.29. The van der Waals surface area contributed by atoms with Crippen LogP contribution in [-0.4, -0.2) is 9.55 Å². The van der Waals surface area contributed by atoms with E-state index in [4.69, 9.17) is 0 Å². The summed E-state index contributed by atoms with van der Waals surface area (Å²) in [4.78, 5) is 29.0. The molecule has 2 aromatic carbocycles. The van der Waals surface area contributed by atoms with Gasteiger partial charge in [0.25, 0.3) is 5.56 Å². The molecule has 29 heavy (non-hydrogen) atoms. The number of fused-ring (bicyclic) bond motifs is 3. The van der Waals surface area contributed by atoms with Crippen LogP contribution in [0.25, 0.3) is 16.9 Å². The summed E-state index contributed by atoms with van der Waals surface area (Å²) in [5.41, 5.74) is -0.229. The Morgan fingerprint density at radius 2 is 1.83 bits per heavy atom. The van der Waals surface area contributed by atoms with Crippen molar-refractivity contribution in [2.75, 3.05) is 0 Å². The summed E-state index contributed by atoms with van der Waals surface area (Å²) in [7, 11) is 0. The van der Waals surface area contributed by atoms with Crippen LogP contribution >= 0.6 is 0 Å². The monoisotopic (exact) mass is 400 g/mol. The first-order valence-corrected chi connectivity index (χ1v) is 9.31. The summed E-state index contributed by atoms with van der Waals surface area (Å²) in [5.74, 6) is 0. The smallest absolute Gasteiger partial charge is 0.306 e. The highest BCUT2D eigenvalue weighted by Crippen LogP contribution is 2.41.